The van der Waals surface area contributed by atoms with E-state index in [9.17, 15) is 21.0 Å². The molecular weight excluding hydrogens is 901 g/mol. The van der Waals surface area contributed by atoms with Crippen LogP contribution in [-0.4, -0.2) is 0 Å². The number of benzene rings is 9. The zero-order valence-corrected chi connectivity index (χ0v) is 41.5. The molecule has 0 unspecified atom stereocenters. The molecule has 0 aliphatic heterocycles. The molecule has 2 aliphatic carbocycles. The summed E-state index contributed by atoms with van der Waals surface area (Å²) < 4.78 is 0. The smallest absolute Gasteiger partial charge is 0.0991 e. The van der Waals surface area contributed by atoms with E-state index in [1.165, 1.54) is 44.5 Å². The van der Waals surface area contributed by atoms with Crippen molar-refractivity contribution >= 4 is 58.4 Å². The Morgan fingerprint density at radius 1 is 0.284 bits per heavy atom. The van der Waals surface area contributed by atoms with Crippen molar-refractivity contribution in [3.05, 3.63) is 261 Å². The van der Waals surface area contributed by atoms with Gasteiger partial charge in [0.25, 0.3) is 0 Å². The van der Waals surface area contributed by atoms with Gasteiger partial charge in [0.1, 0.15) is 0 Å². The molecule has 6 heteroatoms. The summed E-state index contributed by atoms with van der Waals surface area (Å²) in [6, 6.07) is 74.9. The van der Waals surface area contributed by atoms with Gasteiger partial charge >= 0.3 is 0 Å². The Bertz CT molecular complexity index is 3530. The fourth-order valence-corrected chi connectivity index (χ4v) is 10.7. The van der Waals surface area contributed by atoms with Crippen molar-refractivity contribution in [2.45, 2.75) is 38.5 Å². The Kier molecular flexibility index (Phi) is 11.7. The van der Waals surface area contributed by atoms with E-state index in [-0.39, 0.29) is 10.8 Å². The largest absolute Gasteiger partial charge is 0.310 e. The van der Waals surface area contributed by atoms with Gasteiger partial charge in [-0.05, 0) is 188 Å². The zero-order chi connectivity index (χ0) is 51.1. The maximum atomic E-state index is 9.49. The Balaban J connectivity index is 0.798. The molecule has 0 heterocycles. The molecule has 0 N–H and O–H groups in total. The standard InChI is InChI=1S/C68H48N6/c1-67(2)63-37-47(21-33-59(63)61-35-31-57(39-65(61)67)73(53-23-13-49(41-69)14-24-53)54-25-15-50(42-70)16-26-54)11-9-45-5-7-46(8-6-45)10-12-48-22-34-60-62-36-32-58(40-66(62)68(3,4)64(60)38-48)74(55-27-17-51(43-71)18-28-55)56-29-19-52(44-72)20-30-56/h5-40H,1-4H3/b11-9+,12-10+. The molecule has 0 amide bonds. The van der Waals surface area contributed by atoms with Crippen molar-refractivity contribution in [1.29, 1.82) is 21.0 Å². The number of hydrogen-bond acceptors (Lipinski definition) is 6. The fourth-order valence-electron chi connectivity index (χ4n) is 10.7. The van der Waals surface area contributed by atoms with E-state index in [1.54, 1.807) is 0 Å². The van der Waals surface area contributed by atoms with E-state index >= 15 is 0 Å². The minimum absolute atomic E-state index is 0.258. The van der Waals surface area contributed by atoms with E-state index < -0.39 is 0 Å². The highest BCUT2D eigenvalue weighted by molar-refractivity contribution is 5.89. The lowest BCUT2D eigenvalue weighted by molar-refractivity contribution is 0.660. The average Bonchev–Trinajstić information content (AvgIpc) is 3.80. The highest BCUT2D eigenvalue weighted by atomic mass is 15.1. The van der Waals surface area contributed by atoms with Crippen LogP contribution >= 0.6 is 0 Å². The van der Waals surface area contributed by atoms with Crippen LogP contribution in [0.4, 0.5) is 34.1 Å². The number of fused-ring (bicyclic) bond motifs is 6. The summed E-state index contributed by atoms with van der Waals surface area (Å²) in [5.41, 5.74) is 22.1. The molecule has 74 heavy (non-hydrogen) atoms. The monoisotopic (exact) mass is 948 g/mol. The minimum Gasteiger partial charge on any atom is -0.310 e. The van der Waals surface area contributed by atoms with Crippen molar-refractivity contribution in [3.8, 4) is 46.5 Å². The van der Waals surface area contributed by atoms with Gasteiger partial charge in [0, 0.05) is 45.0 Å². The lowest BCUT2D eigenvalue weighted by atomic mass is 9.81. The highest BCUT2D eigenvalue weighted by Crippen LogP contribution is 2.53. The molecule has 0 bridgehead atoms. The van der Waals surface area contributed by atoms with Crippen molar-refractivity contribution in [2.24, 2.45) is 0 Å². The normalized spacial score (nSPS) is 13.2. The lowest BCUT2D eigenvalue weighted by Crippen LogP contribution is -2.16. The summed E-state index contributed by atoms with van der Waals surface area (Å²) in [5.74, 6) is 0. The van der Waals surface area contributed by atoms with Gasteiger partial charge in [0.05, 0.1) is 46.5 Å². The predicted molar refractivity (Wildman–Crippen MR) is 301 cm³/mol. The van der Waals surface area contributed by atoms with Gasteiger partial charge in [-0.3, -0.25) is 0 Å². The SMILES string of the molecule is CC1(C)c2cc(/C=C/c3ccc(/C=C/c4ccc5c(c4)C(C)(C)c4cc(N(c6ccc(C#N)cc6)c6ccc(C#N)cc6)ccc4-5)cc3)ccc2-c2ccc(N(c3ccc(C#N)cc3)c3ccc(C#N)cc3)cc21. The average molecular weight is 949 g/mol. The van der Waals surface area contributed by atoms with Crippen molar-refractivity contribution in [1.82, 2.24) is 0 Å². The first-order valence-corrected chi connectivity index (χ1v) is 24.6. The van der Waals surface area contributed by atoms with Gasteiger partial charge in [-0.2, -0.15) is 21.0 Å². The quantitative estimate of drug-likeness (QED) is 0.127. The second-order valence-electron chi connectivity index (χ2n) is 20.0. The zero-order valence-electron chi connectivity index (χ0n) is 41.5. The third-order valence-electron chi connectivity index (χ3n) is 14.8. The van der Waals surface area contributed by atoms with Crippen LogP contribution in [-0.2, 0) is 10.8 Å². The van der Waals surface area contributed by atoms with E-state index in [0.717, 1.165) is 56.4 Å². The van der Waals surface area contributed by atoms with Crippen molar-refractivity contribution < 1.29 is 0 Å². The fraction of sp³-hybridized carbons (Fsp3) is 0.0882. The van der Waals surface area contributed by atoms with Gasteiger partial charge in [-0.25, -0.2) is 0 Å². The van der Waals surface area contributed by atoms with Crippen LogP contribution in [0.1, 0.15) is 94.5 Å². The van der Waals surface area contributed by atoms with Crippen molar-refractivity contribution in [3.63, 3.8) is 0 Å². The minimum atomic E-state index is -0.258. The molecule has 0 saturated heterocycles. The number of nitriles is 4. The number of anilines is 6. The molecule has 350 valence electrons. The second-order valence-corrected chi connectivity index (χ2v) is 20.0. The van der Waals surface area contributed by atoms with E-state index in [0.29, 0.717) is 22.3 Å². The Labute approximate surface area is 433 Å². The van der Waals surface area contributed by atoms with Gasteiger partial charge in [0.15, 0.2) is 0 Å². The predicted octanol–water partition coefficient (Wildman–Crippen LogP) is 17.1. The Morgan fingerprint density at radius 3 is 0.797 bits per heavy atom. The maximum absolute atomic E-state index is 9.49. The molecule has 0 atom stereocenters. The van der Waals surface area contributed by atoms with Crippen LogP contribution < -0.4 is 9.80 Å². The second kappa shape index (κ2) is 18.6. The molecule has 2 aliphatic rings. The first-order chi connectivity index (χ1) is 35.9. The van der Waals surface area contributed by atoms with Crippen LogP contribution in [0.25, 0.3) is 46.6 Å². The third kappa shape index (κ3) is 8.38. The summed E-state index contributed by atoms with van der Waals surface area (Å²) in [7, 11) is 0. The summed E-state index contributed by atoms with van der Waals surface area (Å²) in [6.45, 7) is 9.18. The summed E-state index contributed by atoms with van der Waals surface area (Å²) in [5, 5.41) is 38.0. The molecule has 0 aromatic heterocycles. The van der Waals surface area contributed by atoms with Crippen LogP contribution in [0.15, 0.2) is 194 Å². The number of nitrogens with zero attached hydrogens (tertiary/aromatic N) is 6. The molecule has 9 aromatic carbocycles. The first kappa shape index (κ1) is 46.4. The summed E-state index contributed by atoms with van der Waals surface area (Å²) >= 11 is 0. The van der Waals surface area contributed by atoms with Gasteiger partial charge < -0.3 is 9.80 Å². The van der Waals surface area contributed by atoms with Crippen LogP contribution in [0.5, 0.6) is 0 Å². The van der Waals surface area contributed by atoms with Crippen LogP contribution in [0.3, 0.4) is 0 Å². The third-order valence-corrected chi connectivity index (χ3v) is 14.8. The van der Waals surface area contributed by atoms with Gasteiger partial charge in [-0.15, -0.1) is 0 Å². The van der Waals surface area contributed by atoms with Gasteiger partial charge in [-0.1, -0.05) is 125 Å². The highest BCUT2D eigenvalue weighted by Gasteiger charge is 2.37. The van der Waals surface area contributed by atoms with Crippen molar-refractivity contribution in [2.75, 3.05) is 9.80 Å². The van der Waals surface area contributed by atoms with E-state index in [2.05, 4.69) is 183 Å². The Morgan fingerprint density at radius 2 is 0.514 bits per heavy atom. The molecule has 0 spiro atoms. The first-order valence-electron chi connectivity index (χ1n) is 24.6. The molecule has 0 saturated carbocycles. The molecule has 11 rings (SSSR count). The van der Waals surface area contributed by atoms with E-state index in [4.69, 9.17) is 0 Å². The number of hydrogen-bond donors (Lipinski definition) is 0. The molecule has 9 aromatic rings. The van der Waals surface area contributed by atoms with Crippen LogP contribution in [0.2, 0.25) is 0 Å². The lowest BCUT2D eigenvalue weighted by Gasteiger charge is -2.28. The van der Waals surface area contributed by atoms with Gasteiger partial charge in [0.2, 0.25) is 0 Å². The number of rotatable bonds is 10. The Hall–Kier alpha value is -9.98. The molecular formula is C68H48N6. The van der Waals surface area contributed by atoms with E-state index in [1.807, 2.05) is 97.1 Å². The molecule has 6 nitrogen and oxygen atoms in total. The molecule has 0 radical (unpaired) electrons. The summed E-state index contributed by atoms with van der Waals surface area (Å²) in [4.78, 5) is 4.35. The molecule has 0 fully saturated rings. The maximum Gasteiger partial charge on any atom is 0.0991 e. The topological polar surface area (TPSA) is 102 Å². The van der Waals surface area contributed by atoms with Crippen LogP contribution in [0, 0.1) is 45.3 Å². The summed E-state index contributed by atoms with van der Waals surface area (Å²) in [6.07, 6.45) is 8.74.